The molecule has 0 aliphatic carbocycles. The van der Waals surface area contributed by atoms with Crippen molar-refractivity contribution in [1.82, 2.24) is 10.6 Å². The smallest absolute Gasteiger partial charge is 0.165 e. The van der Waals surface area contributed by atoms with Crippen molar-refractivity contribution in [2.45, 2.75) is 44.8 Å². The molecule has 1 heterocycles. The molecule has 0 fully saturated rings. The summed E-state index contributed by atoms with van der Waals surface area (Å²) < 4.78 is 0. The summed E-state index contributed by atoms with van der Waals surface area (Å²) in [5, 5.41) is 7.17. The van der Waals surface area contributed by atoms with Crippen molar-refractivity contribution < 1.29 is 0 Å². The van der Waals surface area contributed by atoms with Crippen LogP contribution in [0.25, 0.3) is 0 Å². The molecule has 4 heteroatoms. The van der Waals surface area contributed by atoms with E-state index in [1.807, 2.05) is 0 Å². The van der Waals surface area contributed by atoms with Crippen molar-refractivity contribution in [3.63, 3.8) is 0 Å². The van der Waals surface area contributed by atoms with Gasteiger partial charge in [0.1, 0.15) is 5.66 Å². The number of rotatable bonds is 5. The largest absolute Gasteiger partial charge is 0.376 e. The maximum atomic E-state index is 5.70. The van der Waals surface area contributed by atoms with Crippen LogP contribution in [0.5, 0.6) is 0 Å². The molecule has 2 rings (SSSR count). The van der Waals surface area contributed by atoms with E-state index in [4.69, 9.17) is 18.0 Å². The Morgan fingerprint density at radius 3 is 2.94 bits per heavy atom. The Morgan fingerprint density at radius 1 is 1.44 bits per heavy atom. The van der Waals surface area contributed by atoms with Crippen molar-refractivity contribution in [3.8, 4) is 0 Å². The zero-order valence-electron chi connectivity index (χ0n) is 10.8. The minimum Gasteiger partial charge on any atom is -0.376 e. The average Bonchev–Trinajstić information content (AvgIpc) is 2.69. The van der Waals surface area contributed by atoms with Crippen LogP contribution in [0.4, 0.5) is 0 Å². The van der Waals surface area contributed by atoms with Gasteiger partial charge in [0, 0.05) is 6.54 Å². The van der Waals surface area contributed by atoms with E-state index >= 15 is 0 Å². The quantitative estimate of drug-likeness (QED) is 0.564. The summed E-state index contributed by atoms with van der Waals surface area (Å²) in [6, 6.07) is 8.46. The second-order valence-electron chi connectivity index (χ2n) is 4.86. The van der Waals surface area contributed by atoms with E-state index in [2.05, 4.69) is 41.8 Å². The molecular formula is C14H21N3S. The molecule has 18 heavy (non-hydrogen) atoms. The highest BCUT2D eigenvalue weighted by molar-refractivity contribution is 7.80. The Bertz CT molecular complexity index is 433. The first-order valence-corrected chi connectivity index (χ1v) is 7.00. The van der Waals surface area contributed by atoms with Crippen LogP contribution >= 0.6 is 12.2 Å². The molecule has 1 aromatic carbocycles. The summed E-state index contributed by atoms with van der Waals surface area (Å²) in [5.41, 5.74) is 8.05. The van der Waals surface area contributed by atoms with Crippen LogP contribution in [-0.2, 0) is 12.2 Å². The molecule has 0 bridgehead atoms. The topological polar surface area (TPSA) is 50.1 Å². The summed E-state index contributed by atoms with van der Waals surface area (Å²) in [6.45, 7) is 3.08. The van der Waals surface area contributed by atoms with Crippen molar-refractivity contribution in [1.29, 1.82) is 0 Å². The molecule has 0 spiro atoms. The van der Waals surface area contributed by atoms with Gasteiger partial charge in [0.2, 0.25) is 0 Å². The third-order valence-electron chi connectivity index (χ3n) is 3.55. The predicted octanol–water partition coefficient (Wildman–Crippen LogP) is 2.36. The highest BCUT2D eigenvalue weighted by Gasteiger charge is 2.37. The van der Waals surface area contributed by atoms with Gasteiger partial charge in [-0.2, -0.15) is 0 Å². The fraction of sp³-hybridized carbons (Fsp3) is 0.500. The van der Waals surface area contributed by atoms with Gasteiger partial charge < -0.3 is 11.1 Å². The number of hydrogen-bond acceptors (Lipinski definition) is 2. The van der Waals surface area contributed by atoms with E-state index in [-0.39, 0.29) is 5.66 Å². The van der Waals surface area contributed by atoms with Gasteiger partial charge in [-0.05, 0) is 36.2 Å². The SMILES string of the molecule is CCCCCC1(NC(N)=S)NCc2ccccc21. The Labute approximate surface area is 114 Å². The minimum atomic E-state index is -0.266. The van der Waals surface area contributed by atoms with E-state index in [1.54, 1.807) is 0 Å². The summed E-state index contributed by atoms with van der Waals surface area (Å²) in [7, 11) is 0. The highest BCUT2D eigenvalue weighted by atomic mass is 32.1. The lowest BCUT2D eigenvalue weighted by Gasteiger charge is -2.32. The van der Waals surface area contributed by atoms with Crippen LogP contribution in [0.15, 0.2) is 24.3 Å². The molecule has 0 radical (unpaired) electrons. The Morgan fingerprint density at radius 2 is 2.22 bits per heavy atom. The Hall–Kier alpha value is -1.13. The second kappa shape index (κ2) is 5.67. The molecule has 1 unspecified atom stereocenters. The second-order valence-corrected chi connectivity index (χ2v) is 5.30. The lowest BCUT2D eigenvalue weighted by molar-refractivity contribution is 0.296. The van der Waals surface area contributed by atoms with Crippen molar-refractivity contribution in [2.75, 3.05) is 0 Å². The number of benzene rings is 1. The maximum absolute atomic E-state index is 5.70. The summed E-state index contributed by atoms with van der Waals surface area (Å²) in [4.78, 5) is 0. The first-order valence-electron chi connectivity index (χ1n) is 6.59. The molecule has 1 aliphatic heterocycles. The molecule has 0 saturated carbocycles. The van der Waals surface area contributed by atoms with Crippen molar-refractivity contribution in [2.24, 2.45) is 5.73 Å². The molecule has 1 aromatic rings. The van der Waals surface area contributed by atoms with Crippen LogP contribution in [0.1, 0.15) is 43.7 Å². The van der Waals surface area contributed by atoms with E-state index in [0.29, 0.717) is 5.11 Å². The predicted molar refractivity (Wildman–Crippen MR) is 79.0 cm³/mol. The van der Waals surface area contributed by atoms with Gasteiger partial charge in [0.15, 0.2) is 5.11 Å². The van der Waals surface area contributed by atoms with Gasteiger partial charge in [-0.25, -0.2) is 0 Å². The average molecular weight is 263 g/mol. The molecule has 1 atom stereocenters. The van der Waals surface area contributed by atoms with Gasteiger partial charge in [0.25, 0.3) is 0 Å². The third-order valence-corrected chi connectivity index (χ3v) is 3.65. The van der Waals surface area contributed by atoms with Crippen LogP contribution < -0.4 is 16.4 Å². The van der Waals surface area contributed by atoms with Gasteiger partial charge in [-0.1, -0.05) is 44.0 Å². The lowest BCUT2D eigenvalue weighted by Crippen LogP contribution is -2.54. The standard InChI is InChI=1S/C14H21N3S/c1-2-3-6-9-14(17-13(15)18)12-8-5-4-7-11(12)10-16-14/h4-5,7-8,16H,2-3,6,9-10H2,1H3,(H3,15,17,18). The third kappa shape index (κ3) is 2.65. The van der Waals surface area contributed by atoms with Gasteiger partial charge in [0.05, 0.1) is 0 Å². The molecule has 98 valence electrons. The molecule has 0 amide bonds. The number of nitrogens with two attached hydrogens (primary N) is 1. The normalized spacial score (nSPS) is 21.6. The first-order chi connectivity index (χ1) is 8.68. The molecule has 4 N–H and O–H groups in total. The van der Waals surface area contributed by atoms with Crippen molar-refractivity contribution in [3.05, 3.63) is 35.4 Å². The number of hydrogen-bond donors (Lipinski definition) is 3. The number of nitrogens with one attached hydrogen (secondary N) is 2. The zero-order valence-corrected chi connectivity index (χ0v) is 11.6. The lowest BCUT2D eigenvalue weighted by atomic mass is 9.93. The maximum Gasteiger partial charge on any atom is 0.165 e. The van der Waals surface area contributed by atoms with Crippen molar-refractivity contribution >= 4 is 17.3 Å². The van der Waals surface area contributed by atoms with E-state index in [9.17, 15) is 0 Å². The fourth-order valence-corrected chi connectivity index (χ4v) is 2.85. The fourth-order valence-electron chi connectivity index (χ4n) is 2.68. The molecule has 0 aromatic heterocycles. The number of fused-ring (bicyclic) bond motifs is 1. The molecule has 1 aliphatic rings. The van der Waals surface area contributed by atoms with Gasteiger partial charge in [-0.15, -0.1) is 0 Å². The van der Waals surface area contributed by atoms with Crippen LogP contribution in [0.3, 0.4) is 0 Å². The number of unbranched alkanes of at least 4 members (excludes halogenated alkanes) is 2. The van der Waals surface area contributed by atoms with Crippen LogP contribution in [0.2, 0.25) is 0 Å². The zero-order chi connectivity index (χ0) is 13.0. The Balaban J connectivity index is 2.23. The monoisotopic (exact) mass is 263 g/mol. The van der Waals surface area contributed by atoms with Gasteiger partial charge >= 0.3 is 0 Å². The van der Waals surface area contributed by atoms with E-state index < -0.39 is 0 Å². The van der Waals surface area contributed by atoms with E-state index in [0.717, 1.165) is 19.4 Å². The van der Waals surface area contributed by atoms with Gasteiger partial charge in [-0.3, -0.25) is 5.32 Å². The Kier molecular flexibility index (Phi) is 4.19. The van der Waals surface area contributed by atoms with Crippen LogP contribution in [-0.4, -0.2) is 5.11 Å². The van der Waals surface area contributed by atoms with E-state index in [1.165, 1.54) is 24.0 Å². The minimum absolute atomic E-state index is 0.266. The molecule has 3 nitrogen and oxygen atoms in total. The molecule has 0 saturated heterocycles. The summed E-state index contributed by atoms with van der Waals surface area (Å²) in [5.74, 6) is 0. The summed E-state index contributed by atoms with van der Waals surface area (Å²) in [6.07, 6.45) is 4.61. The van der Waals surface area contributed by atoms with Crippen LogP contribution in [0, 0.1) is 0 Å². The summed E-state index contributed by atoms with van der Waals surface area (Å²) >= 11 is 5.04. The highest BCUT2D eigenvalue weighted by Crippen LogP contribution is 2.33. The molecular weight excluding hydrogens is 242 g/mol. The number of thiocarbonyl (C=S) groups is 1. The first kappa shape index (κ1) is 13.3.